The Labute approximate surface area is 90.5 Å². The maximum Gasteiger partial charge on any atom is 0.274 e. The zero-order valence-electron chi connectivity index (χ0n) is 7.50. The number of carbonyl (C=O) groups is 1. The number of amides is 1. The monoisotopic (exact) mass is 258 g/mol. The van der Waals surface area contributed by atoms with E-state index in [-0.39, 0.29) is 5.91 Å². The maximum atomic E-state index is 11.4. The fourth-order valence-electron chi connectivity index (χ4n) is 0.864. The van der Waals surface area contributed by atoms with Gasteiger partial charge in [0, 0.05) is 16.6 Å². The van der Waals surface area contributed by atoms with Crippen molar-refractivity contribution in [3.63, 3.8) is 0 Å². The fourth-order valence-corrected chi connectivity index (χ4v) is 1.26. The Balaban J connectivity index is 2.52. The third-order valence-electron chi connectivity index (χ3n) is 1.47. The molecule has 0 fully saturated rings. The summed E-state index contributed by atoms with van der Waals surface area (Å²) in [5.74, 6) is -0.278. The van der Waals surface area contributed by atoms with E-state index in [1.807, 2.05) is 6.07 Å². The quantitative estimate of drug-likeness (QED) is 0.628. The highest BCUT2D eigenvalue weighted by Gasteiger charge is 2.04. The van der Waals surface area contributed by atoms with Crippen molar-refractivity contribution >= 4 is 21.8 Å². The molecule has 0 radical (unpaired) electrons. The summed E-state index contributed by atoms with van der Waals surface area (Å²) in [7, 11) is 0. The van der Waals surface area contributed by atoms with Crippen LogP contribution in [0.15, 0.2) is 28.7 Å². The Kier molecular flexibility index (Phi) is 4.58. The highest BCUT2D eigenvalue weighted by Crippen LogP contribution is 2.11. The van der Waals surface area contributed by atoms with Crippen LogP contribution in [0.3, 0.4) is 0 Å². The molecular weight excluding hydrogens is 248 g/mol. The zero-order valence-corrected chi connectivity index (χ0v) is 9.08. The van der Waals surface area contributed by atoms with Gasteiger partial charge in [0.2, 0.25) is 0 Å². The summed E-state index contributed by atoms with van der Waals surface area (Å²) in [5.41, 5.74) is 8.02. The van der Waals surface area contributed by atoms with Crippen LogP contribution in [0.4, 0.5) is 0 Å². The van der Waals surface area contributed by atoms with Crippen LogP contribution in [0.25, 0.3) is 0 Å². The minimum atomic E-state index is -0.278. The van der Waals surface area contributed by atoms with Gasteiger partial charge in [-0.25, -0.2) is 5.48 Å². The second-order valence-electron chi connectivity index (χ2n) is 2.58. The van der Waals surface area contributed by atoms with Gasteiger partial charge in [-0.2, -0.15) is 0 Å². The Morgan fingerprint density at radius 1 is 1.57 bits per heavy atom. The first-order valence-corrected chi connectivity index (χ1v) is 4.91. The summed E-state index contributed by atoms with van der Waals surface area (Å²) >= 11 is 3.27. The summed E-state index contributed by atoms with van der Waals surface area (Å²) in [6, 6.07) is 7.03. The molecule has 1 rings (SSSR count). The number of nitrogens with one attached hydrogen (secondary N) is 1. The lowest BCUT2D eigenvalue weighted by Crippen LogP contribution is -2.26. The van der Waals surface area contributed by atoms with E-state index in [1.165, 1.54) is 0 Å². The summed E-state index contributed by atoms with van der Waals surface area (Å²) in [6.07, 6.45) is 0. The van der Waals surface area contributed by atoms with Crippen LogP contribution in [-0.2, 0) is 4.84 Å². The lowest BCUT2D eigenvalue weighted by atomic mass is 10.2. The van der Waals surface area contributed by atoms with Crippen molar-refractivity contribution in [3.05, 3.63) is 34.3 Å². The molecule has 14 heavy (non-hydrogen) atoms. The first-order valence-electron chi connectivity index (χ1n) is 4.12. The molecule has 4 nitrogen and oxygen atoms in total. The number of benzene rings is 1. The minimum absolute atomic E-state index is 0.278. The van der Waals surface area contributed by atoms with E-state index in [1.54, 1.807) is 18.2 Å². The van der Waals surface area contributed by atoms with Gasteiger partial charge in [-0.15, -0.1) is 0 Å². The van der Waals surface area contributed by atoms with Crippen LogP contribution >= 0.6 is 15.9 Å². The molecule has 0 heterocycles. The number of carbonyl (C=O) groups excluding carboxylic acids is 1. The number of rotatable bonds is 4. The second-order valence-corrected chi connectivity index (χ2v) is 3.49. The molecule has 0 aliphatic carbocycles. The lowest BCUT2D eigenvalue weighted by molar-refractivity contribution is 0.0343. The molecule has 0 unspecified atom stereocenters. The molecule has 1 aromatic carbocycles. The number of hydrogen-bond donors (Lipinski definition) is 2. The zero-order chi connectivity index (χ0) is 10.4. The van der Waals surface area contributed by atoms with E-state index in [2.05, 4.69) is 21.4 Å². The van der Waals surface area contributed by atoms with Crippen LogP contribution in [-0.4, -0.2) is 19.1 Å². The van der Waals surface area contributed by atoms with E-state index in [0.29, 0.717) is 18.7 Å². The van der Waals surface area contributed by atoms with Gasteiger partial charge >= 0.3 is 0 Å². The van der Waals surface area contributed by atoms with Gasteiger partial charge in [-0.3, -0.25) is 9.63 Å². The molecule has 0 aromatic heterocycles. The molecule has 76 valence electrons. The van der Waals surface area contributed by atoms with Crippen molar-refractivity contribution in [2.24, 2.45) is 5.73 Å². The summed E-state index contributed by atoms with van der Waals surface area (Å²) < 4.78 is 0.851. The highest BCUT2D eigenvalue weighted by molar-refractivity contribution is 9.10. The van der Waals surface area contributed by atoms with E-state index in [0.717, 1.165) is 4.47 Å². The lowest BCUT2D eigenvalue weighted by Gasteiger charge is -2.04. The summed E-state index contributed by atoms with van der Waals surface area (Å²) in [4.78, 5) is 16.2. The largest absolute Gasteiger partial charge is 0.328 e. The van der Waals surface area contributed by atoms with Crippen LogP contribution in [0.1, 0.15) is 10.4 Å². The Bertz CT molecular complexity index is 317. The molecule has 1 amide bonds. The molecule has 0 bridgehead atoms. The van der Waals surface area contributed by atoms with Crippen LogP contribution in [0, 0.1) is 0 Å². The predicted octanol–water partition coefficient (Wildman–Crippen LogP) is 1.07. The van der Waals surface area contributed by atoms with Gasteiger partial charge in [0.25, 0.3) is 5.91 Å². The second kappa shape index (κ2) is 5.74. The SMILES string of the molecule is NCCONC(=O)c1cccc(Br)c1. The molecule has 0 aliphatic heterocycles. The first kappa shape index (κ1) is 11.2. The third kappa shape index (κ3) is 3.45. The maximum absolute atomic E-state index is 11.4. The van der Waals surface area contributed by atoms with Crippen molar-refractivity contribution in [2.75, 3.05) is 13.2 Å². The Morgan fingerprint density at radius 3 is 3.00 bits per heavy atom. The van der Waals surface area contributed by atoms with E-state index < -0.39 is 0 Å². The first-order chi connectivity index (χ1) is 6.74. The van der Waals surface area contributed by atoms with Crippen molar-refractivity contribution in [1.82, 2.24) is 5.48 Å². The molecule has 0 aliphatic rings. The van der Waals surface area contributed by atoms with Gasteiger partial charge < -0.3 is 5.73 Å². The van der Waals surface area contributed by atoms with Crippen molar-refractivity contribution in [3.8, 4) is 0 Å². The predicted molar refractivity (Wildman–Crippen MR) is 56.6 cm³/mol. The van der Waals surface area contributed by atoms with E-state index >= 15 is 0 Å². The summed E-state index contributed by atoms with van der Waals surface area (Å²) in [5, 5.41) is 0. The molecule has 5 heteroatoms. The standard InChI is InChI=1S/C9H11BrN2O2/c10-8-3-1-2-7(6-8)9(13)12-14-5-4-11/h1-3,6H,4-5,11H2,(H,12,13). The summed E-state index contributed by atoms with van der Waals surface area (Å²) in [6.45, 7) is 0.679. The minimum Gasteiger partial charge on any atom is -0.328 e. The smallest absolute Gasteiger partial charge is 0.274 e. The van der Waals surface area contributed by atoms with E-state index in [4.69, 9.17) is 10.6 Å². The Morgan fingerprint density at radius 2 is 2.36 bits per heavy atom. The number of hydrogen-bond acceptors (Lipinski definition) is 3. The molecule has 0 spiro atoms. The normalized spacial score (nSPS) is 9.86. The van der Waals surface area contributed by atoms with Gasteiger partial charge in [-0.1, -0.05) is 22.0 Å². The van der Waals surface area contributed by atoms with Crippen LogP contribution < -0.4 is 11.2 Å². The van der Waals surface area contributed by atoms with Crippen molar-refractivity contribution in [2.45, 2.75) is 0 Å². The van der Waals surface area contributed by atoms with Gasteiger partial charge in [-0.05, 0) is 18.2 Å². The third-order valence-corrected chi connectivity index (χ3v) is 1.96. The Hall–Kier alpha value is -0.910. The fraction of sp³-hybridized carbons (Fsp3) is 0.222. The van der Waals surface area contributed by atoms with Crippen molar-refractivity contribution in [1.29, 1.82) is 0 Å². The van der Waals surface area contributed by atoms with Crippen molar-refractivity contribution < 1.29 is 9.63 Å². The molecular formula is C9H11BrN2O2. The highest BCUT2D eigenvalue weighted by atomic mass is 79.9. The van der Waals surface area contributed by atoms with Gasteiger partial charge in [0.05, 0.1) is 6.61 Å². The molecule has 3 N–H and O–H groups in total. The molecule has 0 saturated carbocycles. The van der Waals surface area contributed by atoms with E-state index in [9.17, 15) is 4.79 Å². The van der Waals surface area contributed by atoms with Crippen LogP contribution in [0.2, 0.25) is 0 Å². The molecule has 0 saturated heterocycles. The van der Waals surface area contributed by atoms with Crippen LogP contribution in [0.5, 0.6) is 0 Å². The number of hydroxylamine groups is 1. The number of nitrogens with two attached hydrogens (primary N) is 1. The molecule has 1 aromatic rings. The average molecular weight is 259 g/mol. The number of halogens is 1. The van der Waals surface area contributed by atoms with Gasteiger partial charge in [0.15, 0.2) is 0 Å². The topological polar surface area (TPSA) is 64.3 Å². The molecule has 0 atom stereocenters. The van der Waals surface area contributed by atoms with Gasteiger partial charge in [0.1, 0.15) is 0 Å². The average Bonchev–Trinajstić information content (AvgIpc) is 2.18.